The van der Waals surface area contributed by atoms with Crippen LogP contribution < -0.4 is 15.4 Å². The van der Waals surface area contributed by atoms with E-state index in [-0.39, 0.29) is 49.4 Å². The van der Waals surface area contributed by atoms with Crippen LogP contribution in [-0.4, -0.2) is 48.2 Å². The summed E-state index contributed by atoms with van der Waals surface area (Å²) in [5.41, 5.74) is 3.11. The van der Waals surface area contributed by atoms with Crippen molar-refractivity contribution in [3.05, 3.63) is 114 Å². The molecule has 2 aliphatic rings. The van der Waals surface area contributed by atoms with Gasteiger partial charge in [0.25, 0.3) is 0 Å². The highest BCUT2D eigenvalue weighted by molar-refractivity contribution is 5.86. The molecular weight excluding hydrogens is 628 g/mol. The van der Waals surface area contributed by atoms with E-state index in [9.17, 15) is 19.5 Å². The van der Waals surface area contributed by atoms with E-state index in [1.807, 2.05) is 97.1 Å². The first-order valence-corrected chi connectivity index (χ1v) is 18.3. The van der Waals surface area contributed by atoms with Crippen molar-refractivity contribution in [1.29, 1.82) is 0 Å². The molecular formula is C42H52N2O6. The van der Waals surface area contributed by atoms with Crippen LogP contribution >= 0.6 is 0 Å². The average Bonchev–Trinajstić information content (AvgIpc) is 3.14. The number of hydrogen-bond donors (Lipinski definition) is 3. The number of carbonyl (C=O) groups is 3. The molecule has 1 aliphatic carbocycles. The smallest absolute Gasteiger partial charge is 0.309 e. The second-order valence-corrected chi connectivity index (χ2v) is 13.9. The fraction of sp³-hybridized carbons (Fsp3) is 0.452. The van der Waals surface area contributed by atoms with Crippen LogP contribution in [0.1, 0.15) is 74.5 Å². The van der Waals surface area contributed by atoms with Gasteiger partial charge < -0.3 is 25.2 Å². The summed E-state index contributed by atoms with van der Waals surface area (Å²) in [6.07, 6.45) is 12.3. The molecule has 0 radical (unpaired) electrons. The molecule has 8 nitrogen and oxygen atoms in total. The Bertz CT molecular complexity index is 1500. The zero-order valence-corrected chi connectivity index (χ0v) is 29.0. The highest BCUT2D eigenvalue weighted by Gasteiger charge is 2.29. The van der Waals surface area contributed by atoms with Crippen LogP contribution in [0.5, 0.6) is 5.75 Å². The van der Waals surface area contributed by atoms with E-state index in [4.69, 9.17) is 9.47 Å². The predicted octanol–water partition coefficient (Wildman–Crippen LogP) is 6.50. The van der Waals surface area contributed by atoms with Gasteiger partial charge >= 0.3 is 5.97 Å². The Kier molecular flexibility index (Phi) is 14.5. The van der Waals surface area contributed by atoms with Crippen LogP contribution in [0.3, 0.4) is 0 Å². The minimum Gasteiger partial charge on any atom is -0.489 e. The summed E-state index contributed by atoms with van der Waals surface area (Å²) in [6.45, 7) is 0.365. The van der Waals surface area contributed by atoms with Crippen LogP contribution in [0.15, 0.2) is 97.1 Å². The van der Waals surface area contributed by atoms with Crippen molar-refractivity contribution in [3.63, 3.8) is 0 Å². The number of ether oxygens (including phenoxy) is 2. The fourth-order valence-corrected chi connectivity index (χ4v) is 7.00. The van der Waals surface area contributed by atoms with Gasteiger partial charge in [-0.15, -0.1) is 0 Å². The third-order valence-corrected chi connectivity index (χ3v) is 9.82. The summed E-state index contributed by atoms with van der Waals surface area (Å²) >= 11 is 0. The molecule has 3 N–H and O–H groups in total. The molecule has 2 amide bonds. The van der Waals surface area contributed by atoms with Crippen LogP contribution in [0, 0.1) is 17.8 Å². The lowest BCUT2D eigenvalue weighted by atomic mass is 9.84. The van der Waals surface area contributed by atoms with Crippen molar-refractivity contribution < 1.29 is 29.0 Å². The Morgan fingerprint density at radius 3 is 2.18 bits per heavy atom. The van der Waals surface area contributed by atoms with Crippen molar-refractivity contribution >= 4 is 17.8 Å². The molecule has 1 heterocycles. The molecule has 5 rings (SSSR count). The van der Waals surface area contributed by atoms with Crippen molar-refractivity contribution in [2.24, 2.45) is 17.8 Å². The lowest BCUT2D eigenvalue weighted by molar-refractivity contribution is -0.150. The van der Waals surface area contributed by atoms with E-state index in [2.05, 4.69) is 10.6 Å². The largest absolute Gasteiger partial charge is 0.489 e. The highest BCUT2D eigenvalue weighted by atomic mass is 16.5. The standard InChI is InChI=1S/C42H52N2O6/c45-28-37(25-33-20-22-39(23-21-33)49-29-34-16-8-3-9-17-34)43-40(46)27-35-18-10-11-19-36(24-31-12-4-1-5-13-31)42(48)50-30-38(44-41(35)47)26-32-14-6-2-7-15-32/h1,3-5,8-13,16-17,20-23,32,35-38,45H,2,6-7,14-15,18-19,24-30H2,(H,43,46)(H,44,47). The number of aliphatic hydroxyl groups excluding tert-OH is 1. The number of cyclic esters (lactones) is 1. The molecule has 50 heavy (non-hydrogen) atoms. The first-order chi connectivity index (χ1) is 24.4. The Balaban J connectivity index is 1.20. The van der Waals surface area contributed by atoms with Crippen molar-refractivity contribution in [3.8, 4) is 5.75 Å². The van der Waals surface area contributed by atoms with E-state index in [0.29, 0.717) is 38.2 Å². The topological polar surface area (TPSA) is 114 Å². The quantitative estimate of drug-likeness (QED) is 0.140. The molecule has 1 aliphatic heterocycles. The summed E-state index contributed by atoms with van der Waals surface area (Å²) in [5, 5.41) is 16.3. The maximum Gasteiger partial charge on any atom is 0.309 e. The van der Waals surface area contributed by atoms with Crippen molar-refractivity contribution in [2.75, 3.05) is 13.2 Å². The maximum absolute atomic E-state index is 13.7. The zero-order valence-electron chi connectivity index (χ0n) is 29.0. The van der Waals surface area contributed by atoms with Gasteiger partial charge in [-0.3, -0.25) is 14.4 Å². The maximum atomic E-state index is 13.7. The molecule has 3 aromatic rings. The molecule has 266 valence electrons. The van der Waals surface area contributed by atoms with E-state index >= 15 is 0 Å². The molecule has 1 saturated carbocycles. The number of esters is 1. The van der Waals surface area contributed by atoms with Crippen LogP contribution in [0.2, 0.25) is 0 Å². The number of hydrogen-bond acceptors (Lipinski definition) is 6. The third-order valence-electron chi connectivity index (χ3n) is 9.82. The molecule has 4 atom stereocenters. The second kappa shape index (κ2) is 19.7. The summed E-state index contributed by atoms with van der Waals surface area (Å²) in [7, 11) is 0. The van der Waals surface area contributed by atoms with Gasteiger partial charge in [-0.25, -0.2) is 0 Å². The molecule has 0 bridgehead atoms. The Labute approximate surface area is 296 Å². The first-order valence-electron chi connectivity index (χ1n) is 18.3. The minimum atomic E-state index is -0.594. The highest BCUT2D eigenvalue weighted by Crippen LogP contribution is 2.28. The molecule has 1 fully saturated rings. The normalized spacial score (nSPS) is 21.2. The van der Waals surface area contributed by atoms with E-state index in [0.717, 1.165) is 41.7 Å². The number of benzene rings is 3. The monoisotopic (exact) mass is 680 g/mol. The average molecular weight is 681 g/mol. The lowest BCUT2D eigenvalue weighted by Crippen LogP contribution is -2.45. The van der Waals surface area contributed by atoms with Gasteiger partial charge in [-0.05, 0) is 66.8 Å². The number of carbonyl (C=O) groups excluding carboxylic acids is 3. The number of amides is 2. The van der Waals surface area contributed by atoms with Gasteiger partial charge in [0.05, 0.1) is 30.5 Å². The van der Waals surface area contributed by atoms with E-state index in [1.165, 1.54) is 19.3 Å². The Morgan fingerprint density at radius 2 is 1.50 bits per heavy atom. The van der Waals surface area contributed by atoms with Gasteiger partial charge in [0, 0.05) is 6.42 Å². The third kappa shape index (κ3) is 12.2. The molecule has 8 heteroatoms. The fourth-order valence-electron chi connectivity index (χ4n) is 7.00. The number of nitrogens with one attached hydrogen (secondary N) is 2. The van der Waals surface area contributed by atoms with Crippen LogP contribution in [-0.2, 0) is 38.6 Å². The van der Waals surface area contributed by atoms with Gasteiger partial charge in [0.2, 0.25) is 11.8 Å². The Morgan fingerprint density at radius 1 is 0.840 bits per heavy atom. The summed E-state index contributed by atoms with van der Waals surface area (Å²) in [5.74, 6) is -0.468. The summed E-state index contributed by atoms with van der Waals surface area (Å²) < 4.78 is 11.8. The molecule has 0 spiro atoms. The number of allylic oxidation sites excluding steroid dienone is 2. The van der Waals surface area contributed by atoms with Gasteiger partial charge in [0.15, 0.2) is 0 Å². The second-order valence-electron chi connectivity index (χ2n) is 13.9. The van der Waals surface area contributed by atoms with Crippen molar-refractivity contribution in [1.82, 2.24) is 10.6 Å². The number of rotatable bonds is 13. The van der Waals surface area contributed by atoms with E-state index < -0.39 is 12.0 Å². The number of aliphatic hydroxyl groups is 1. The van der Waals surface area contributed by atoms with Crippen molar-refractivity contribution in [2.45, 2.75) is 89.3 Å². The van der Waals surface area contributed by atoms with Gasteiger partial charge in [0.1, 0.15) is 19.0 Å². The van der Waals surface area contributed by atoms with Gasteiger partial charge in [-0.1, -0.05) is 117 Å². The molecule has 0 saturated heterocycles. The lowest BCUT2D eigenvalue weighted by Gasteiger charge is -2.29. The molecule has 4 unspecified atom stereocenters. The van der Waals surface area contributed by atoms with Gasteiger partial charge in [-0.2, -0.15) is 0 Å². The zero-order chi connectivity index (χ0) is 35.0. The summed E-state index contributed by atoms with van der Waals surface area (Å²) in [6, 6.07) is 26.7. The van der Waals surface area contributed by atoms with Crippen LogP contribution in [0.25, 0.3) is 0 Å². The minimum absolute atomic E-state index is 0.0116. The Hall–Kier alpha value is -4.43. The van der Waals surface area contributed by atoms with Crippen LogP contribution in [0.4, 0.5) is 0 Å². The first kappa shape index (κ1) is 36.8. The molecule has 3 aromatic carbocycles. The summed E-state index contributed by atoms with van der Waals surface area (Å²) in [4.78, 5) is 40.3. The predicted molar refractivity (Wildman–Crippen MR) is 194 cm³/mol. The molecule has 0 aromatic heterocycles. The SMILES string of the molecule is O=C(CC1CC=CCC(Cc2ccccc2)C(=O)OCC(CC2CCCCC2)NC1=O)NC(CO)Cc1ccc(OCc2ccccc2)cc1. The van der Waals surface area contributed by atoms with E-state index in [1.54, 1.807) is 0 Å².